The smallest absolute Gasteiger partial charge is 0.161 e. The molecule has 1 saturated heterocycles. The van der Waals surface area contributed by atoms with E-state index in [2.05, 4.69) is 14.8 Å². The van der Waals surface area contributed by atoms with Crippen molar-refractivity contribution in [2.45, 2.75) is 31.5 Å². The molecule has 0 radical (unpaired) electrons. The molecule has 2 aromatic carbocycles. The van der Waals surface area contributed by atoms with Gasteiger partial charge in [0.2, 0.25) is 0 Å². The molecule has 1 aromatic heterocycles. The van der Waals surface area contributed by atoms with Crippen LogP contribution in [0, 0.1) is 0 Å². The van der Waals surface area contributed by atoms with Gasteiger partial charge >= 0.3 is 0 Å². The van der Waals surface area contributed by atoms with Gasteiger partial charge in [0.1, 0.15) is 18.5 Å². The van der Waals surface area contributed by atoms with Gasteiger partial charge in [-0.05, 0) is 56.8 Å². The molecule has 2 aliphatic rings. The number of piperidine rings is 1. The zero-order chi connectivity index (χ0) is 20.5. The molecule has 2 aliphatic heterocycles. The van der Waals surface area contributed by atoms with Gasteiger partial charge in [0.25, 0.3) is 0 Å². The van der Waals surface area contributed by atoms with Crippen molar-refractivity contribution in [3.05, 3.63) is 53.3 Å². The Labute approximate surface area is 181 Å². The minimum absolute atomic E-state index is 0.0457. The number of likely N-dealkylation sites (tertiary alicyclic amines) is 1. The van der Waals surface area contributed by atoms with Gasteiger partial charge in [-0.15, -0.1) is 0 Å². The molecule has 5 rings (SSSR count). The van der Waals surface area contributed by atoms with E-state index in [9.17, 15) is 0 Å². The van der Waals surface area contributed by atoms with Crippen LogP contribution in [-0.4, -0.2) is 53.8 Å². The number of rotatable bonds is 5. The largest absolute Gasteiger partial charge is 0.486 e. The molecule has 0 spiro atoms. The molecular formula is C23H27ClN4O2. The molecule has 3 heterocycles. The topological polar surface area (TPSA) is 51.6 Å². The fourth-order valence-corrected chi connectivity index (χ4v) is 4.82. The number of nitrogens with zero attached hydrogens (tertiary/aromatic N) is 3. The van der Waals surface area contributed by atoms with Crippen LogP contribution in [0.4, 0.5) is 0 Å². The van der Waals surface area contributed by atoms with Crippen molar-refractivity contribution in [3.63, 3.8) is 0 Å². The minimum Gasteiger partial charge on any atom is -0.486 e. The van der Waals surface area contributed by atoms with Crippen molar-refractivity contribution in [3.8, 4) is 11.5 Å². The molecule has 0 unspecified atom stereocenters. The van der Waals surface area contributed by atoms with Gasteiger partial charge in [-0.25, -0.2) is 4.98 Å². The molecular weight excluding hydrogens is 400 g/mol. The summed E-state index contributed by atoms with van der Waals surface area (Å²) in [5.74, 6) is 2.74. The zero-order valence-corrected chi connectivity index (χ0v) is 17.9. The SMILES string of the molecule is CNCc1nc2ccc(Cl)cc2n1[C@H]1CCCN(C[C@H]2COc3ccccc3O2)C1. The lowest BCUT2D eigenvalue weighted by Gasteiger charge is -2.37. The molecule has 3 aromatic rings. The molecule has 0 amide bonds. The number of nitrogens with one attached hydrogen (secondary N) is 1. The maximum absolute atomic E-state index is 6.32. The quantitative estimate of drug-likeness (QED) is 0.670. The Kier molecular flexibility index (Phi) is 5.54. The lowest BCUT2D eigenvalue weighted by Crippen LogP contribution is -2.45. The van der Waals surface area contributed by atoms with E-state index in [0.29, 0.717) is 12.6 Å². The minimum atomic E-state index is 0.0457. The highest BCUT2D eigenvalue weighted by atomic mass is 35.5. The lowest BCUT2D eigenvalue weighted by molar-refractivity contribution is 0.0462. The van der Waals surface area contributed by atoms with Gasteiger partial charge in [0.15, 0.2) is 11.5 Å². The van der Waals surface area contributed by atoms with Crippen molar-refractivity contribution < 1.29 is 9.47 Å². The standard InChI is InChI=1S/C23H27ClN4O2/c1-25-12-23-26-19-9-8-16(24)11-20(19)28(23)17-5-4-10-27(13-17)14-18-15-29-21-6-2-3-7-22(21)30-18/h2-3,6-9,11,17-18,25H,4-5,10,12-15H2,1H3/t17-,18-/m0/s1. The van der Waals surface area contributed by atoms with Crippen molar-refractivity contribution in [2.24, 2.45) is 0 Å². The van der Waals surface area contributed by atoms with Gasteiger partial charge in [-0.3, -0.25) is 4.90 Å². The van der Waals surface area contributed by atoms with Gasteiger partial charge < -0.3 is 19.4 Å². The fourth-order valence-electron chi connectivity index (χ4n) is 4.66. The van der Waals surface area contributed by atoms with E-state index >= 15 is 0 Å². The number of hydrogen-bond donors (Lipinski definition) is 1. The Morgan fingerprint density at radius 2 is 2.07 bits per heavy atom. The Balaban J connectivity index is 1.35. The average molecular weight is 427 g/mol. The van der Waals surface area contributed by atoms with E-state index in [1.165, 1.54) is 0 Å². The first-order valence-corrected chi connectivity index (χ1v) is 11.0. The third-order valence-corrected chi connectivity index (χ3v) is 6.17. The van der Waals surface area contributed by atoms with E-state index in [1.807, 2.05) is 49.5 Å². The first-order chi connectivity index (χ1) is 14.7. The second-order valence-electron chi connectivity index (χ2n) is 8.11. The highest BCUT2D eigenvalue weighted by Gasteiger charge is 2.29. The summed E-state index contributed by atoms with van der Waals surface area (Å²) in [7, 11) is 1.96. The van der Waals surface area contributed by atoms with Crippen molar-refractivity contribution in [1.82, 2.24) is 19.8 Å². The van der Waals surface area contributed by atoms with Crippen LogP contribution in [0.1, 0.15) is 24.7 Å². The summed E-state index contributed by atoms with van der Waals surface area (Å²) in [5, 5.41) is 4.01. The van der Waals surface area contributed by atoms with Crippen LogP contribution in [0.5, 0.6) is 11.5 Å². The average Bonchev–Trinajstić information content (AvgIpc) is 3.11. The summed E-state index contributed by atoms with van der Waals surface area (Å²) in [4.78, 5) is 7.36. The van der Waals surface area contributed by atoms with Gasteiger partial charge in [-0.1, -0.05) is 23.7 Å². The predicted molar refractivity (Wildman–Crippen MR) is 119 cm³/mol. The third-order valence-electron chi connectivity index (χ3n) is 5.93. The first kappa shape index (κ1) is 19.7. The second-order valence-corrected chi connectivity index (χ2v) is 8.55. The highest BCUT2D eigenvalue weighted by Crippen LogP contribution is 2.33. The van der Waals surface area contributed by atoms with Crippen molar-refractivity contribution in [1.29, 1.82) is 0 Å². The Bertz CT molecular complexity index is 1040. The van der Waals surface area contributed by atoms with Gasteiger partial charge in [0.05, 0.1) is 17.6 Å². The van der Waals surface area contributed by atoms with Crippen LogP contribution < -0.4 is 14.8 Å². The summed E-state index contributed by atoms with van der Waals surface area (Å²) in [6.07, 6.45) is 2.33. The molecule has 0 bridgehead atoms. The number of halogens is 1. The van der Waals surface area contributed by atoms with Crippen LogP contribution in [-0.2, 0) is 6.54 Å². The first-order valence-electron chi connectivity index (χ1n) is 10.6. The molecule has 1 fully saturated rings. The molecule has 0 saturated carbocycles. The summed E-state index contributed by atoms with van der Waals surface area (Å²) in [5.41, 5.74) is 2.12. The summed E-state index contributed by atoms with van der Waals surface area (Å²) in [6.45, 7) is 4.23. The fraction of sp³-hybridized carbons (Fsp3) is 0.435. The van der Waals surface area contributed by atoms with Crippen LogP contribution in [0.25, 0.3) is 11.0 Å². The van der Waals surface area contributed by atoms with Crippen LogP contribution in [0.3, 0.4) is 0 Å². The number of para-hydroxylation sites is 2. The van der Waals surface area contributed by atoms with Crippen LogP contribution in [0.2, 0.25) is 5.02 Å². The van der Waals surface area contributed by atoms with E-state index < -0.39 is 0 Å². The van der Waals surface area contributed by atoms with E-state index in [4.69, 9.17) is 26.1 Å². The number of hydrogen-bond acceptors (Lipinski definition) is 5. The highest BCUT2D eigenvalue weighted by molar-refractivity contribution is 6.31. The van der Waals surface area contributed by atoms with E-state index in [0.717, 1.165) is 72.4 Å². The summed E-state index contributed by atoms with van der Waals surface area (Å²) in [6, 6.07) is 14.2. The van der Waals surface area contributed by atoms with Crippen molar-refractivity contribution >= 4 is 22.6 Å². The normalized spacial score (nSPS) is 21.8. The maximum atomic E-state index is 6.32. The molecule has 30 heavy (non-hydrogen) atoms. The second kappa shape index (κ2) is 8.46. The predicted octanol–water partition coefficient (Wildman–Crippen LogP) is 3.89. The number of imidazole rings is 1. The summed E-state index contributed by atoms with van der Waals surface area (Å²) >= 11 is 6.32. The monoisotopic (exact) mass is 426 g/mol. The molecule has 0 aliphatic carbocycles. The molecule has 2 atom stereocenters. The van der Waals surface area contributed by atoms with Crippen LogP contribution >= 0.6 is 11.6 Å². The van der Waals surface area contributed by atoms with Gasteiger partial charge in [0, 0.05) is 24.2 Å². The zero-order valence-electron chi connectivity index (χ0n) is 17.2. The van der Waals surface area contributed by atoms with E-state index in [1.54, 1.807) is 0 Å². The summed E-state index contributed by atoms with van der Waals surface area (Å²) < 4.78 is 14.5. The lowest BCUT2D eigenvalue weighted by atomic mass is 10.0. The molecule has 1 N–H and O–H groups in total. The maximum Gasteiger partial charge on any atom is 0.161 e. The Morgan fingerprint density at radius 1 is 1.20 bits per heavy atom. The molecule has 158 valence electrons. The van der Waals surface area contributed by atoms with E-state index in [-0.39, 0.29) is 6.10 Å². The number of fused-ring (bicyclic) bond motifs is 2. The number of ether oxygens (including phenoxy) is 2. The number of aromatic nitrogens is 2. The Morgan fingerprint density at radius 3 is 2.93 bits per heavy atom. The van der Waals surface area contributed by atoms with Crippen molar-refractivity contribution in [2.75, 3.05) is 33.3 Å². The molecule has 6 nitrogen and oxygen atoms in total. The Hall–Kier alpha value is -2.28. The van der Waals surface area contributed by atoms with Crippen LogP contribution in [0.15, 0.2) is 42.5 Å². The third kappa shape index (κ3) is 3.87. The molecule has 7 heteroatoms. The van der Waals surface area contributed by atoms with Gasteiger partial charge in [-0.2, -0.15) is 0 Å². The number of benzene rings is 2.